The number of thiazole rings is 1. The zero-order chi connectivity index (χ0) is 17.2. The van der Waals surface area contributed by atoms with Crippen LogP contribution in [0.5, 0.6) is 11.5 Å². The van der Waals surface area contributed by atoms with E-state index in [1.807, 2.05) is 23.6 Å². The zero-order valence-electron chi connectivity index (χ0n) is 13.1. The Morgan fingerprint density at radius 1 is 1.12 bits per heavy atom. The molecule has 0 bridgehead atoms. The van der Waals surface area contributed by atoms with Crippen LogP contribution < -0.4 is 14.8 Å². The Labute approximate surface area is 147 Å². The van der Waals surface area contributed by atoms with Crippen LogP contribution in [0.1, 0.15) is 10.4 Å². The maximum Gasteiger partial charge on any atom is 0.335 e. The number of ether oxygens (including phenoxy) is 2. The summed E-state index contributed by atoms with van der Waals surface area (Å²) in [6.45, 7) is 1.10. The molecule has 0 atom stereocenters. The number of hydrogen-bond donors (Lipinski definition) is 2. The van der Waals surface area contributed by atoms with Crippen LogP contribution in [0.2, 0.25) is 0 Å². The van der Waals surface area contributed by atoms with Crippen molar-refractivity contribution in [2.45, 2.75) is 0 Å². The van der Waals surface area contributed by atoms with Crippen molar-refractivity contribution in [1.82, 2.24) is 4.98 Å². The molecule has 2 heterocycles. The second-order valence-corrected chi connectivity index (χ2v) is 6.27. The molecule has 0 amide bonds. The van der Waals surface area contributed by atoms with E-state index in [1.54, 1.807) is 24.3 Å². The van der Waals surface area contributed by atoms with Crippen LogP contribution in [0.25, 0.3) is 11.3 Å². The van der Waals surface area contributed by atoms with Crippen molar-refractivity contribution in [3.05, 3.63) is 53.4 Å². The lowest BCUT2D eigenvalue weighted by Crippen LogP contribution is -2.15. The molecule has 1 aliphatic rings. The minimum Gasteiger partial charge on any atom is -0.486 e. The molecule has 4 rings (SSSR count). The van der Waals surface area contributed by atoms with E-state index in [2.05, 4.69) is 10.3 Å². The Kier molecular flexibility index (Phi) is 3.99. The molecule has 0 aliphatic carbocycles. The van der Waals surface area contributed by atoms with Crippen molar-refractivity contribution in [2.75, 3.05) is 18.5 Å². The van der Waals surface area contributed by atoms with Gasteiger partial charge in [-0.3, -0.25) is 0 Å². The molecule has 3 aromatic rings. The predicted octanol–water partition coefficient (Wildman–Crippen LogP) is 4.02. The Morgan fingerprint density at radius 2 is 1.96 bits per heavy atom. The van der Waals surface area contributed by atoms with Crippen LogP contribution in [0, 0.1) is 0 Å². The summed E-state index contributed by atoms with van der Waals surface area (Å²) in [4.78, 5) is 15.6. The normalized spacial score (nSPS) is 12.6. The third-order valence-corrected chi connectivity index (χ3v) is 4.46. The first-order valence-corrected chi connectivity index (χ1v) is 8.53. The van der Waals surface area contributed by atoms with Crippen molar-refractivity contribution in [2.24, 2.45) is 0 Å². The van der Waals surface area contributed by atoms with Crippen molar-refractivity contribution in [3.8, 4) is 22.8 Å². The number of fused-ring (bicyclic) bond motifs is 1. The quantitative estimate of drug-likeness (QED) is 0.736. The first kappa shape index (κ1) is 15.5. The first-order chi connectivity index (χ1) is 12.2. The van der Waals surface area contributed by atoms with Gasteiger partial charge in [0.25, 0.3) is 0 Å². The van der Waals surface area contributed by atoms with Crippen molar-refractivity contribution >= 4 is 28.1 Å². The molecule has 0 saturated heterocycles. The molecule has 2 aromatic carbocycles. The lowest BCUT2D eigenvalue weighted by Gasteiger charge is -2.18. The van der Waals surface area contributed by atoms with Gasteiger partial charge in [0.1, 0.15) is 13.2 Å². The molecule has 6 nitrogen and oxygen atoms in total. The highest BCUT2D eigenvalue weighted by Crippen LogP contribution is 2.35. The van der Waals surface area contributed by atoms with Gasteiger partial charge in [-0.05, 0) is 36.4 Å². The largest absolute Gasteiger partial charge is 0.486 e. The van der Waals surface area contributed by atoms with E-state index in [4.69, 9.17) is 14.6 Å². The topological polar surface area (TPSA) is 80.7 Å². The molecule has 0 spiro atoms. The van der Waals surface area contributed by atoms with Crippen LogP contribution in [0.15, 0.2) is 47.8 Å². The second-order valence-electron chi connectivity index (χ2n) is 5.41. The highest BCUT2D eigenvalue weighted by Gasteiger charge is 2.14. The Hall–Kier alpha value is -3.06. The summed E-state index contributed by atoms with van der Waals surface area (Å²) in [6, 6.07) is 12.4. The molecule has 126 valence electrons. The smallest absolute Gasteiger partial charge is 0.335 e. The van der Waals surface area contributed by atoms with Crippen LogP contribution in [0.3, 0.4) is 0 Å². The van der Waals surface area contributed by atoms with E-state index in [0.717, 1.165) is 22.8 Å². The summed E-state index contributed by atoms with van der Waals surface area (Å²) in [7, 11) is 0. The Morgan fingerprint density at radius 3 is 2.80 bits per heavy atom. The fourth-order valence-electron chi connectivity index (χ4n) is 2.52. The highest BCUT2D eigenvalue weighted by atomic mass is 32.1. The second kappa shape index (κ2) is 6.45. The fourth-order valence-corrected chi connectivity index (χ4v) is 3.26. The average molecular weight is 354 g/mol. The summed E-state index contributed by atoms with van der Waals surface area (Å²) < 4.78 is 11.1. The molecular formula is C18H14N2O4S. The number of carboxylic acid groups (broad SMARTS) is 1. The van der Waals surface area contributed by atoms with Gasteiger partial charge >= 0.3 is 5.97 Å². The van der Waals surface area contributed by atoms with Gasteiger partial charge < -0.3 is 19.9 Å². The van der Waals surface area contributed by atoms with E-state index >= 15 is 0 Å². The molecule has 1 aromatic heterocycles. The third-order valence-electron chi connectivity index (χ3n) is 3.70. The van der Waals surface area contributed by atoms with Gasteiger partial charge in [0, 0.05) is 16.6 Å². The summed E-state index contributed by atoms with van der Waals surface area (Å²) in [6.07, 6.45) is 0. The van der Waals surface area contributed by atoms with Gasteiger partial charge in [0.15, 0.2) is 16.6 Å². The number of hydrogen-bond acceptors (Lipinski definition) is 6. The standard InChI is InChI=1S/C18H14N2O4S/c21-17(22)12-2-1-3-13(8-12)19-18-20-14(10-25-18)11-4-5-15-16(9-11)24-7-6-23-15/h1-5,8-10H,6-7H2,(H,19,20)(H,21,22). The maximum atomic E-state index is 11.0. The summed E-state index contributed by atoms with van der Waals surface area (Å²) in [5, 5.41) is 14.8. The summed E-state index contributed by atoms with van der Waals surface area (Å²) >= 11 is 1.45. The van der Waals surface area contributed by atoms with E-state index < -0.39 is 5.97 Å². The Balaban J connectivity index is 1.56. The predicted molar refractivity (Wildman–Crippen MR) is 95.2 cm³/mol. The SMILES string of the molecule is O=C(O)c1cccc(Nc2nc(-c3ccc4c(c3)OCCO4)cs2)c1. The molecule has 1 aliphatic heterocycles. The van der Waals surface area contributed by atoms with Crippen LogP contribution >= 0.6 is 11.3 Å². The molecule has 0 radical (unpaired) electrons. The number of benzene rings is 2. The molecule has 0 unspecified atom stereocenters. The van der Waals surface area contributed by atoms with Crippen molar-refractivity contribution in [3.63, 3.8) is 0 Å². The summed E-state index contributed by atoms with van der Waals surface area (Å²) in [5.74, 6) is 0.509. The summed E-state index contributed by atoms with van der Waals surface area (Å²) in [5.41, 5.74) is 2.67. The molecule has 2 N–H and O–H groups in total. The van der Waals surface area contributed by atoms with Gasteiger partial charge in [-0.1, -0.05) is 6.07 Å². The number of nitrogens with zero attached hydrogens (tertiary/aromatic N) is 1. The first-order valence-electron chi connectivity index (χ1n) is 7.65. The van der Waals surface area contributed by atoms with Gasteiger partial charge in [-0.2, -0.15) is 0 Å². The van der Waals surface area contributed by atoms with E-state index in [1.165, 1.54) is 11.3 Å². The van der Waals surface area contributed by atoms with Crippen LogP contribution in [-0.2, 0) is 0 Å². The number of carbonyl (C=O) groups is 1. The minimum atomic E-state index is -0.959. The number of rotatable bonds is 4. The molecule has 25 heavy (non-hydrogen) atoms. The van der Waals surface area contributed by atoms with Crippen LogP contribution in [0.4, 0.5) is 10.8 Å². The number of aromatic carboxylic acids is 1. The van der Waals surface area contributed by atoms with E-state index in [0.29, 0.717) is 24.0 Å². The lowest BCUT2D eigenvalue weighted by molar-refractivity contribution is 0.0697. The average Bonchev–Trinajstić information content (AvgIpc) is 3.10. The molecule has 0 saturated carbocycles. The number of nitrogens with one attached hydrogen (secondary N) is 1. The number of aromatic nitrogens is 1. The third kappa shape index (κ3) is 3.27. The maximum absolute atomic E-state index is 11.0. The van der Waals surface area contributed by atoms with Gasteiger partial charge in [0.05, 0.1) is 11.3 Å². The zero-order valence-corrected chi connectivity index (χ0v) is 13.9. The fraction of sp³-hybridized carbons (Fsp3) is 0.111. The van der Waals surface area contributed by atoms with Gasteiger partial charge in [-0.25, -0.2) is 9.78 Å². The Bertz CT molecular complexity index is 938. The number of carboxylic acids is 1. The minimum absolute atomic E-state index is 0.230. The molecule has 0 fully saturated rings. The number of anilines is 2. The van der Waals surface area contributed by atoms with Crippen molar-refractivity contribution < 1.29 is 19.4 Å². The monoisotopic (exact) mass is 354 g/mol. The van der Waals surface area contributed by atoms with Gasteiger partial charge in [0.2, 0.25) is 0 Å². The molecule has 7 heteroatoms. The highest BCUT2D eigenvalue weighted by molar-refractivity contribution is 7.14. The van der Waals surface area contributed by atoms with E-state index in [9.17, 15) is 4.79 Å². The lowest BCUT2D eigenvalue weighted by atomic mass is 10.1. The van der Waals surface area contributed by atoms with E-state index in [-0.39, 0.29) is 5.56 Å². The molecular weight excluding hydrogens is 340 g/mol. The van der Waals surface area contributed by atoms with Crippen LogP contribution in [-0.4, -0.2) is 29.3 Å². The van der Waals surface area contributed by atoms with Crippen molar-refractivity contribution in [1.29, 1.82) is 0 Å². The van der Waals surface area contributed by atoms with Gasteiger partial charge in [-0.15, -0.1) is 11.3 Å².